The van der Waals surface area contributed by atoms with E-state index >= 15 is 0 Å². The molecule has 210 valence electrons. The van der Waals surface area contributed by atoms with Crippen molar-refractivity contribution in [3.05, 3.63) is 145 Å². The second-order valence-corrected chi connectivity index (χ2v) is 10.7. The molecule has 0 spiro atoms. The minimum absolute atomic E-state index is 0.377. The Labute approximate surface area is 259 Å². The van der Waals surface area contributed by atoms with E-state index in [1.165, 1.54) is 0 Å². The molecule has 0 radical (unpaired) electrons. The Hall–Kier alpha value is -6.45. The summed E-state index contributed by atoms with van der Waals surface area (Å²) in [6.07, 6.45) is 1.71. The highest BCUT2D eigenvalue weighted by molar-refractivity contribution is 6.12. The van der Waals surface area contributed by atoms with Gasteiger partial charge in [0.25, 0.3) is 0 Å². The highest BCUT2D eigenvalue weighted by Crippen LogP contribution is 2.38. The van der Waals surface area contributed by atoms with Crippen LogP contribution in [0.1, 0.15) is 5.69 Å². The summed E-state index contributed by atoms with van der Waals surface area (Å²) in [4.78, 5) is 19.0. The van der Waals surface area contributed by atoms with Gasteiger partial charge in [-0.2, -0.15) is 5.26 Å². The molecule has 0 N–H and O–H groups in total. The van der Waals surface area contributed by atoms with Crippen molar-refractivity contribution in [1.29, 1.82) is 5.26 Å². The molecular weight excluding hydrogens is 554 g/mol. The Morgan fingerprint density at radius 3 is 1.82 bits per heavy atom. The summed E-state index contributed by atoms with van der Waals surface area (Å²) in [5.41, 5.74) is 8.67. The van der Waals surface area contributed by atoms with Gasteiger partial charge in [-0.05, 0) is 53.1 Å². The molecule has 6 nitrogen and oxygen atoms in total. The maximum Gasteiger partial charge on any atom is 0.164 e. The lowest BCUT2D eigenvalue weighted by Crippen LogP contribution is -2.00. The number of nitrogens with zero attached hydrogens (tertiary/aromatic N) is 5. The summed E-state index contributed by atoms with van der Waals surface area (Å²) in [5, 5.41) is 11.3. The van der Waals surface area contributed by atoms with E-state index in [0.29, 0.717) is 23.2 Å². The van der Waals surface area contributed by atoms with Crippen LogP contribution in [-0.2, 0) is 0 Å². The van der Waals surface area contributed by atoms with Gasteiger partial charge in [-0.1, -0.05) is 97.1 Å². The summed E-state index contributed by atoms with van der Waals surface area (Å²) < 4.78 is 6.39. The highest BCUT2D eigenvalue weighted by Gasteiger charge is 2.17. The number of hydrogen-bond acceptors (Lipinski definition) is 6. The quantitative estimate of drug-likeness (QED) is 0.202. The second kappa shape index (κ2) is 11.0. The first-order valence-electron chi connectivity index (χ1n) is 14.5. The number of aromatic nitrogens is 4. The summed E-state index contributed by atoms with van der Waals surface area (Å²) in [7, 11) is 0. The Balaban J connectivity index is 1.27. The van der Waals surface area contributed by atoms with Gasteiger partial charge in [0.15, 0.2) is 17.5 Å². The van der Waals surface area contributed by atoms with E-state index in [1.54, 1.807) is 12.3 Å². The topological polar surface area (TPSA) is 88.5 Å². The first kappa shape index (κ1) is 26.2. The molecule has 0 unspecified atom stereocenters. The van der Waals surface area contributed by atoms with Crippen LogP contribution in [0.25, 0.3) is 78.4 Å². The molecule has 45 heavy (non-hydrogen) atoms. The fraction of sp³-hybridized carbons (Fsp3) is 0. The number of hydrogen-bond donors (Lipinski definition) is 0. The van der Waals surface area contributed by atoms with E-state index in [-0.39, 0.29) is 0 Å². The molecule has 0 fully saturated rings. The summed E-state index contributed by atoms with van der Waals surface area (Å²) >= 11 is 0. The number of benzene rings is 5. The molecule has 0 amide bonds. The number of nitriles is 1. The molecule has 0 aliphatic rings. The molecule has 0 aliphatic carbocycles. The SMILES string of the molecule is N#Cc1ccc(-c2cccc(-c3nc(-c4ccccc4)nc(-c4ccc5c(c4)oc4cccc(-c6ccccc6)c45)n3)c2)cn1. The van der Waals surface area contributed by atoms with Crippen LogP contribution in [0.15, 0.2) is 144 Å². The molecule has 3 aromatic heterocycles. The minimum atomic E-state index is 0.377. The van der Waals surface area contributed by atoms with Crippen molar-refractivity contribution in [2.24, 2.45) is 0 Å². The van der Waals surface area contributed by atoms with Gasteiger partial charge in [0.05, 0.1) is 0 Å². The van der Waals surface area contributed by atoms with Crippen molar-refractivity contribution in [2.75, 3.05) is 0 Å². The lowest BCUT2D eigenvalue weighted by atomic mass is 9.99. The average molecular weight is 578 g/mol. The van der Waals surface area contributed by atoms with E-state index in [2.05, 4.69) is 35.3 Å². The van der Waals surface area contributed by atoms with Crippen LogP contribution >= 0.6 is 0 Å². The van der Waals surface area contributed by atoms with Gasteiger partial charge < -0.3 is 4.42 Å². The van der Waals surface area contributed by atoms with Gasteiger partial charge in [0.2, 0.25) is 0 Å². The molecule has 3 heterocycles. The Morgan fingerprint density at radius 2 is 1.11 bits per heavy atom. The van der Waals surface area contributed by atoms with Gasteiger partial charge in [-0.25, -0.2) is 19.9 Å². The van der Waals surface area contributed by atoms with Crippen molar-refractivity contribution in [3.63, 3.8) is 0 Å². The Kier molecular flexibility index (Phi) is 6.40. The molecule has 0 saturated heterocycles. The highest BCUT2D eigenvalue weighted by atomic mass is 16.3. The van der Waals surface area contributed by atoms with Crippen LogP contribution in [0.5, 0.6) is 0 Å². The van der Waals surface area contributed by atoms with E-state index in [4.69, 9.17) is 24.6 Å². The molecule has 0 atom stereocenters. The van der Waals surface area contributed by atoms with Crippen molar-refractivity contribution in [1.82, 2.24) is 19.9 Å². The molecule has 0 bridgehead atoms. The Bertz CT molecular complexity index is 2370. The van der Waals surface area contributed by atoms with E-state index in [1.807, 2.05) is 103 Å². The molecule has 5 aromatic carbocycles. The van der Waals surface area contributed by atoms with Crippen LogP contribution < -0.4 is 0 Å². The zero-order valence-electron chi connectivity index (χ0n) is 23.9. The predicted molar refractivity (Wildman–Crippen MR) is 177 cm³/mol. The lowest BCUT2D eigenvalue weighted by molar-refractivity contribution is 0.669. The first-order chi connectivity index (χ1) is 22.2. The van der Waals surface area contributed by atoms with Crippen molar-refractivity contribution in [3.8, 4) is 62.5 Å². The van der Waals surface area contributed by atoms with Gasteiger partial charge in [-0.3, -0.25) is 0 Å². The van der Waals surface area contributed by atoms with Gasteiger partial charge >= 0.3 is 0 Å². The van der Waals surface area contributed by atoms with Crippen LogP contribution in [0.3, 0.4) is 0 Å². The summed E-state index contributed by atoms with van der Waals surface area (Å²) in [6.45, 7) is 0. The third-order valence-corrected chi connectivity index (χ3v) is 7.84. The fourth-order valence-electron chi connectivity index (χ4n) is 5.64. The summed E-state index contributed by atoms with van der Waals surface area (Å²) in [6, 6.07) is 46.3. The van der Waals surface area contributed by atoms with Gasteiger partial charge in [0, 0.05) is 39.2 Å². The first-order valence-corrected chi connectivity index (χ1v) is 14.5. The average Bonchev–Trinajstić information content (AvgIpc) is 3.50. The molecule has 0 saturated carbocycles. The fourth-order valence-corrected chi connectivity index (χ4v) is 5.64. The Morgan fingerprint density at radius 1 is 0.489 bits per heavy atom. The molecule has 6 heteroatoms. The van der Waals surface area contributed by atoms with Gasteiger partial charge in [0.1, 0.15) is 22.9 Å². The normalized spacial score (nSPS) is 11.1. The maximum atomic E-state index is 9.15. The van der Waals surface area contributed by atoms with Crippen molar-refractivity contribution >= 4 is 21.9 Å². The zero-order chi connectivity index (χ0) is 30.2. The van der Waals surface area contributed by atoms with Crippen molar-refractivity contribution in [2.45, 2.75) is 0 Å². The largest absolute Gasteiger partial charge is 0.456 e. The van der Waals surface area contributed by atoms with E-state index in [0.717, 1.165) is 60.9 Å². The van der Waals surface area contributed by atoms with Crippen LogP contribution in [-0.4, -0.2) is 19.9 Å². The molecule has 0 aliphatic heterocycles. The summed E-state index contributed by atoms with van der Waals surface area (Å²) in [5.74, 6) is 1.69. The second-order valence-electron chi connectivity index (χ2n) is 10.7. The monoisotopic (exact) mass is 577 g/mol. The zero-order valence-corrected chi connectivity index (χ0v) is 23.9. The number of rotatable bonds is 5. The number of furan rings is 1. The molecule has 8 aromatic rings. The standard InChI is InChI=1S/C39H23N5O/c40-23-31-19-17-30(24-41-31)27-13-7-14-28(21-27)38-42-37(26-11-5-2-6-12-26)43-39(44-38)29-18-20-33-35(22-29)45-34-16-8-15-32(36(33)34)25-9-3-1-4-10-25/h1-22,24H. The third kappa shape index (κ3) is 4.89. The smallest absolute Gasteiger partial charge is 0.164 e. The van der Waals surface area contributed by atoms with E-state index in [9.17, 15) is 0 Å². The van der Waals surface area contributed by atoms with Crippen molar-refractivity contribution < 1.29 is 4.42 Å². The van der Waals surface area contributed by atoms with Gasteiger partial charge in [-0.15, -0.1) is 0 Å². The molecular formula is C39H23N5O. The van der Waals surface area contributed by atoms with E-state index < -0.39 is 0 Å². The third-order valence-electron chi connectivity index (χ3n) is 7.84. The van der Waals surface area contributed by atoms with Crippen LogP contribution in [0, 0.1) is 11.3 Å². The maximum absolute atomic E-state index is 9.15. The number of fused-ring (bicyclic) bond motifs is 3. The minimum Gasteiger partial charge on any atom is -0.456 e. The predicted octanol–water partition coefficient (Wildman–Crippen LogP) is 9.37. The van der Waals surface area contributed by atoms with Crippen LogP contribution in [0.4, 0.5) is 0 Å². The molecule has 8 rings (SSSR count). The lowest BCUT2D eigenvalue weighted by Gasteiger charge is -2.10. The number of pyridine rings is 1. The van der Waals surface area contributed by atoms with Crippen LogP contribution in [0.2, 0.25) is 0 Å².